The third kappa shape index (κ3) is 3.76. The second-order valence-corrected chi connectivity index (χ2v) is 8.77. The topological polar surface area (TPSA) is 80.9 Å². The summed E-state index contributed by atoms with van der Waals surface area (Å²) in [6, 6.07) is 17.2. The molecule has 0 bridgehead atoms. The van der Waals surface area contributed by atoms with Gasteiger partial charge in [0.2, 0.25) is 0 Å². The van der Waals surface area contributed by atoms with Crippen LogP contribution in [0.2, 0.25) is 0 Å². The molecule has 0 atom stereocenters. The van der Waals surface area contributed by atoms with Gasteiger partial charge in [0.15, 0.2) is 5.65 Å². The number of aryl methyl sites for hydroxylation is 1. The average Bonchev–Trinajstić information content (AvgIpc) is 3.39. The fourth-order valence-corrected chi connectivity index (χ4v) is 4.91. The van der Waals surface area contributed by atoms with Crippen molar-refractivity contribution in [3.8, 4) is 10.6 Å². The third-order valence-corrected chi connectivity index (χ3v) is 6.59. The van der Waals surface area contributed by atoms with E-state index in [4.69, 9.17) is 9.97 Å². The minimum Gasteiger partial charge on any atom is -0.478 e. The van der Waals surface area contributed by atoms with Crippen LogP contribution in [0.3, 0.4) is 0 Å². The summed E-state index contributed by atoms with van der Waals surface area (Å²) in [5.74, 6) is 0.106. The number of carboxylic acid groups (broad SMARTS) is 1. The first-order valence-corrected chi connectivity index (χ1v) is 11.5. The van der Waals surface area contributed by atoms with Gasteiger partial charge in [-0.25, -0.2) is 19.7 Å². The van der Waals surface area contributed by atoms with Gasteiger partial charge < -0.3 is 9.67 Å². The van der Waals surface area contributed by atoms with E-state index in [0.29, 0.717) is 17.1 Å². The molecule has 0 aliphatic heterocycles. The number of fused-ring (bicyclic) bond motifs is 2. The van der Waals surface area contributed by atoms with E-state index in [0.717, 1.165) is 52.0 Å². The van der Waals surface area contributed by atoms with Crippen molar-refractivity contribution in [3.63, 3.8) is 0 Å². The van der Waals surface area contributed by atoms with Crippen molar-refractivity contribution in [1.29, 1.82) is 0 Å². The quantitative estimate of drug-likeness (QED) is 0.345. The predicted octanol–water partition coefficient (Wildman–Crippen LogP) is 5.80. The first-order valence-electron chi connectivity index (χ1n) is 10.7. The highest BCUT2D eigenvalue weighted by Crippen LogP contribution is 2.33. The van der Waals surface area contributed by atoms with Crippen LogP contribution in [0.15, 0.2) is 60.8 Å². The lowest BCUT2D eigenvalue weighted by Gasteiger charge is -2.08. The molecule has 0 saturated heterocycles. The predicted molar refractivity (Wildman–Crippen MR) is 127 cm³/mol. The first-order chi connectivity index (χ1) is 15.6. The maximum absolute atomic E-state index is 11.6. The highest BCUT2D eigenvalue weighted by Gasteiger charge is 2.16. The molecule has 0 saturated carbocycles. The Hall–Kier alpha value is -3.58. The van der Waals surface area contributed by atoms with E-state index in [9.17, 15) is 9.90 Å². The summed E-state index contributed by atoms with van der Waals surface area (Å²) in [5, 5.41) is 10.2. The molecule has 6 nitrogen and oxygen atoms in total. The molecular weight excluding hydrogens is 420 g/mol. The Balaban J connectivity index is 1.53. The minimum atomic E-state index is -0.945. The average molecular weight is 443 g/mol. The molecule has 3 aromatic heterocycles. The lowest BCUT2D eigenvalue weighted by Crippen LogP contribution is -2.06. The van der Waals surface area contributed by atoms with Crippen molar-refractivity contribution >= 4 is 38.7 Å². The SMILES string of the molecule is CCCCc1nc2cccnc2n1Cc1ccc2sc(-c3ccccc3C(=O)O)nc2c1. The molecule has 0 aliphatic rings. The fourth-order valence-electron chi connectivity index (χ4n) is 3.92. The number of nitrogens with zero attached hydrogens (tertiary/aromatic N) is 4. The van der Waals surface area contributed by atoms with Crippen molar-refractivity contribution in [2.45, 2.75) is 32.7 Å². The summed E-state index contributed by atoms with van der Waals surface area (Å²) in [7, 11) is 0. The van der Waals surface area contributed by atoms with Crippen LogP contribution in [-0.2, 0) is 13.0 Å². The second-order valence-electron chi connectivity index (χ2n) is 7.74. The lowest BCUT2D eigenvalue weighted by atomic mass is 10.1. The van der Waals surface area contributed by atoms with Crippen LogP contribution in [0.5, 0.6) is 0 Å². The maximum Gasteiger partial charge on any atom is 0.336 e. The zero-order valence-electron chi connectivity index (χ0n) is 17.7. The maximum atomic E-state index is 11.6. The summed E-state index contributed by atoms with van der Waals surface area (Å²) < 4.78 is 3.22. The van der Waals surface area contributed by atoms with E-state index < -0.39 is 5.97 Å². The zero-order chi connectivity index (χ0) is 22.1. The van der Waals surface area contributed by atoms with Gasteiger partial charge in [-0.1, -0.05) is 37.6 Å². The number of carbonyl (C=O) groups is 1. The minimum absolute atomic E-state index is 0.267. The summed E-state index contributed by atoms with van der Waals surface area (Å²) in [6.45, 7) is 2.85. The molecule has 2 aromatic carbocycles. The summed E-state index contributed by atoms with van der Waals surface area (Å²) in [4.78, 5) is 25.8. The van der Waals surface area contributed by atoms with Gasteiger partial charge in [-0.3, -0.25) is 0 Å². The first kappa shape index (κ1) is 20.3. The number of unbranched alkanes of at least 4 members (excludes halogenated alkanes) is 1. The number of imidazole rings is 1. The summed E-state index contributed by atoms with van der Waals surface area (Å²) >= 11 is 1.51. The normalized spacial score (nSPS) is 11.4. The Morgan fingerprint density at radius 2 is 1.94 bits per heavy atom. The van der Waals surface area contributed by atoms with Gasteiger partial charge in [0.25, 0.3) is 0 Å². The Kier molecular flexibility index (Phi) is 5.41. The number of rotatable bonds is 7. The van der Waals surface area contributed by atoms with Crippen molar-refractivity contribution < 1.29 is 9.90 Å². The monoisotopic (exact) mass is 442 g/mol. The van der Waals surface area contributed by atoms with Crippen LogP contribution in [0.1, 0.15) is 41.5 Å². The molecule has 3 heterocycles. The molecule has 0 radical (unpaired) electrons. The van der Waals surface area contributed by atoms with Crippen LogP contribution in [-0.4, -0.2) is 30.6 Å². The van der Waals surface area contributed by atoms with E-state index in [2.05, 4.69) is 34.7 Å². The van der Waals surface area contributed by atoms with Gasteiger partial charge >= 0.3 is 5.97 Å². The molecule has 1 N–H and O–H groups in total. The molecule has 0 amide bonds. The van der Waals surface area contributed by atoms with Gasteiger partial charge in [0, 0.05) is 18.2 Å². The molecule has 32 heavy (non-hydrogen) atoms. The Labute approximate surface area is 189 Å². The van der Waals surface area contributed by atoms with E-state index in [-0.39, 0.29) is 5.56 Å². The molecule has 5 aromatic rings. The van der Waals surface area contributed by atoms with E-state index >= 15 is 0 Å². The van der Waals surface area contributed by atoms with E-state index in [1.807, 2.05) is 24.3 Å². The number of aromatic carboxylic acids is 1. The van der Waals surface area contributed by atoms with Crippen molar-refractivity contribution in [1.82, 2.24) is 19.5 Å². The number of aromatic nitrogens is 4. The third-order valence-electron chi connectivity index (χ3n) is 5.52. The molecule has 5 rings (SSSR count). The lowest BCUT2D eigenvalue weighted by molar-refractivity contribution is 0.0697. The van der Waals surface area contributed by atoms with Crippen molar-refractivity contribution in [2.75, 3.05) is 0 Å². The van der Waals surface area contributed by atoms with Crippen molar-refractivity contribution in [2.24, 2.45) is 0 Å². The summed E-state index contributed by atoms with van der Waals surface area (Å²) in [5.41, 5.74) is 4.71. The van der Waals surface area contributed by atoms with Gasteiger partial charge in [-0.15, -0.1) is 11.3 Å². The molecule has 0 aliphatic carbocycles. The Morgan fingerprint density at radius 3 is 2.78 bits per heavy atom. The molecular formula is C25H22N4O2S. The molecule has 160 valence electrons. The van der Waals surface area contributed by atoms with Crippen LogP contribution in [0, 0.1) is 0 Å². The van der Waals surface area contributed by atoms with E-state index in [1.54, 1.807) is 18.3 Å². The van der Waals surface area contributed by atoms with Gasteiger partial charge in [0.1, 0.15) is 16.3 Å². The molecule has 0 unspecified atom stereocenters. The van der Waals surface area contributed by atoms with Crippen LogP contribution in [0.4, 0.5) is 0 Å². The van der Waals surface area contributed by atoms with Crippen LogP contribution < -0.4 is 0 Å². The highest BCUT2D eigenvalue weighted by atomic mass is 32.1. The van der Waals surface area contributed by atoms with E-state index in [1.165, 1.54) is 11.3 Å². The number of benzene rings is 2. The highest BCUT2D eigenvalue weighted by molar-refractivity contribution is 7.21. The Bertz CT molecular complexity index is 1440. The molecule has 7 heteroatoms. The largest absolute Gasteiger partial charge is 0.478 e. The number of hydrogen-bond donors (Lipinski definition) is 1. The van der Waals surface area contributed by atoms with Crippen molar-refractivity contribution in [3.05, 3.63) is 77.7 Å². The number of thiazole rings is 1. The summed E-state index contributed by atoms with van der Waals surface area (Å²) in [6.07, 6.45) is 4.92. The van der Waals surface area contributed by atoms with Gasteiger partial charge in [-0.2, -0.15) is 0 Å². The second kappa shape index (κ2) is 8.51. The fraction of sp³-hybridized carbons (Fsp3) is 0.200. The number of carboxylic acids is 1. The number of hydrogen-bond acceptors (Lipinski definition) is 5. The molecule has 0 spiro atoms. The Morgan fingerprint density at radius 1 is 1.06 bits per heavy atom. The number of pyridine rings is 1. The van der Waals surface area contributed by atoms with Gasteiger partial charge in [-0.05, 0) is 42.3 Å². The molecule has 0 fully saturated rings. The van der Waals surface area contributed by atoms with Crippen LogP contribution in [0.25, 0.3) is 32.0 Å². The zero-order valence-corrected chi connectivity index (χ0v) is 18.5. The van der Waals surface area contributed by atoms with Gasteiger partial charge in [0.05, 0.1) is 22.3 Å². The van der Waals surface area contributed by atoms with Crippen LogP contribution >= 0.6 is 11.3 Å². The smallest absolute Gasteiger partial charge is 0.336 e. The standard InChI is InChI=1S/C25H22N4O2S/c1-2-3-10-22-27-19-9-6-13-26-23(19)29(22)15-16-11-12-21-20(14-16)28-24(32-21)17-7-4-5-8-18(17)25(30)31/h4-9,11-14H,2-3,10,15H2,1H3,(H,30,31).